The molecule has 0 N–H and O–H groups in total. The Kier molecular flexibility index (Phi) is 7.25. The molecule has 0 radical (unpaired) electrons. The van der Waals surface area contributed by atoms with Crippen LogP contribution in [0.5, 0.6) is 0 Å². The van der Waals surface area contributed by atoms with Crippen LogP contribution in [-0.2, 0) is 0 Å². The lowest BCUT2D eigenvalue weighted by Crippen LogP contribution is -1.93. The molecule has 0 saturated heterocycles. The lowest BCUT2D eigenvalue weighted by molar-refractivity contribution is 1.62. The highest BCUT2D eigenvalue weighted by Crippen LogP contribution is 2.48. The normalized spacial score (nSPS) is 11.5. The number of hydrogen-bond donors (Lipinski definition) is 0. The van der Waals surface area contributed by atoms with Gasteiger partial charge in [-0.2, -0.15) is 0 Å². The number of benzene rings is 10. The van der Waals surface area contributed by atoms with Crippen molar-refractivity contribution in [2.75, 3.05) is 0 Å². The minimum absolute atomic E-state index is 1.22. The van der Waals surface area contributed by atoms with Crippen LogP contribution in [0.3, 0.4) is 0 Å². The second-order valence-corrected chi connectivity index (χ2v) is 13.6. The fourth-order valence-electron chi connectivity index (χ4n) is 8.27. The van der Waals surface area contributed by atoms with E-state index in [0.717, 1.165) is 0 Å². The summed E-state index contributed by atoms with van der Waals surface area (Å²) in [6.45, 7) is 0. The van der Waals surface area contributed by atoms with E-state index in [1.807, 2.05) is 0 Å². The molecule has 10 rings (SSSR count). The summed E-state index contributed by atoms with van der Waals surface area (Å²) in [5.41, 5.74) is 12.4. The molecule has 0 aliphatic heterocycles. The topological polar surface area (TPSA) is 0 Å². The number of hydrogen-bond acceptors (Lipinski definition) is 0. The molecule has 0 atom stereocenters. The third-order valence-corrected chi connectivity index (χ3v) is 10.7. The van der Waals surface area contributed by atoms with Gasteiger partial charge in [0.05, 0.1) is 0 Å². The van der Waals surface area contributed by atoms with Crippen molar-refractivity contribution in [1.82, 2.24) is 0 Å². The first-order valence-corrected chi connectivity index (χ1v) is 18.0. The summed E-state index contributed by atoms with van der Waals surface area (Å²) in [5, 5.41) is 10.1. The first-order valence-electron chi connectivity index (χ1n) is 18.0. The summed E-state index contributed by atoms with van der Waals surface area (Å²) < 4.78 is 0. The first-order chi connectivity index (χ1) is 25.8. The Morgan fingerprint density at radius 1 is 0.212 bits per heavy atom. The highest BCUT2D eigenvalue weighted by Gasteiger charge is 2.20. The molecule has 0 saturated carbocycles. The van der Waals surface area contributed by atoms with E-state index >= 15 is 0 Å². The maximum absolute atomic E-state index is 2.35. The van der Waals surface area contributed by atoms with Crippen LogP contribution in [0.1, 0.15) is 0 Å². The van der Waals surface area contributed by atoms with Gasteiger partial charge in [-0.1, -0.05) is 200 Å². The molecule has 0 amide bonds. The van der Waals surface area contributed by atoms with Crippen molar-refractivity contribution in [1.29, 1.82) is 0 Å². The predicted molar refractivity (Wildman–Crippen MR) is 224 cm³/mol. The maximum Gasteiger partial charge on any atom is -0.00201 e. The Hall–Kier alpha value is -6.76. The second kappa shape index (κ2) is 12.5. The zero-order valence-corrected chi connectivity index (χ0v) is 28.6. The highest BCUT2D eigenvalue weighted by molar-refractivity contribution is 6.25. The summed E-state index contributed by atoms with van der Waals surface area (Å²) in [5.74, 6) is 0. The average molecular weight is 659 g/mol. The molecule has 0 heterocycles. The van der Waals surface area contributed by atoms with Crippen molar-refractivity contribution in [2.24, 2.45) is 0 Å². The fraction of sp³-hybridized carbons (Fsp3) is 0. The number of fused-ring (bicyclic) bond motifs is 4. The van der Waals surface area contributed by atoms with Gasteiger partial charge in [0.2, 0.25) is 0 Å². The van der Waals surface area contributed by atoms with E-state index in [9.17, 15) is 0 Å². The van der Waals surface area contributed by atoms with Crippen molar-refractivity contribution >= 4 is 43.1 Å². The minimum atomic E-state index is 1.22. The van der Waals surface area contributed by atoms with Crippen LogP contribution in [0.4, 0.5) is 0 Å². The van der Waals surface area contributed by atoms with Gasteiger partial charge in [0.1, 0.15) is 0 Å². The molecule has 0 bridgehead atoms. The molecule has 0 fully saturated rings. The van der Waals surface area contributed by atoms with Crippen LogP contribution in [0.15, 0.2) is 206 Å². The molecular weight excluding hydrogens is 625 g/mol. The van der Waals surface area contributed by atoms with Crippen molar-refractivity contribution in [3.8, 4) is 55.6 Å². The van der Waals surface area contributed by atoms with Crippen LogP contribution in [0, 0.1) is 0 Å². The van der Waals surface area contributed by atoms with Crippen molar-refractivity contribution in [3.63, 3.8) is 0 Å². The minimum Gasteiger partial charge on any atom is -0.0622 e. The molecule has 52 heavy (non-hydrogen) atoms. The Balaban J connectivity index is 1.21. The number of rotatable bonds is 5. The summed E-state index contributed by atoms with van der Waals surface area (Å²) in [4.78, 5) is 0. The molecule has 0 aromatic heterocycles. The molecule has 10 aromatic rings. The summed E-state index contributed by atoms with van der Waals surface area (Å²) in [6, 6.07) is 75.5. The molecule has 242 valence electrons. The monoisotopic (exact) mass is 658 g/mol. The molecule has 0 unspecified atom stereocenters. The van der Waals surface area contributed by atoms with Gasteiger partial charge >= 0.3 is 0 Å². The SMILES string of the molecule is c1ccc(-c2cccc3c(-c4c5ccccc5c(-c5ccc(-c6ccc7ccccc7c6)cc5)c5ccccc45)ccc(-c4ccccc4)c23)cc1. The lowest BCUT2D eigenvalue weighted by atomic mass is 9.82. The van der Waals surface area contributed by atoms with Gasteiger partial charge in [0.25, 0.3) is 0 Å². The molecule has 0 spiro atoms. The third kappa shape index (κ3) is 5.00. The van der Waals surface area contributed by atoms with Gasteiger partial charge in [0.15, 0.2) is 0 Å². The zero-order chi connectivity index (χ0) is 34.4. The van der Waals surface area contributed by atoms with E-state index in [2.05, 4.69) is 206 Å². The van der Waals surface area contributed by atoms with E-state index < -0.39 is 0 Å². The van der Waals surface area contributed by atoms with Gasteiger partial charge in [-0.15, -0.1) is 0 Å². The lowest BCUT2D eigenvalue weighted by Gasteiger charge is -2.21. The Bertz CT molecular complexity index is 2820. The van der Waals surface area contributed by atoms with E-state index in [-0.39, 0.29) is 0 Å². The van der Waals surface area contributed by atoms with Crippen LogP contribution in [0.2, 0.25) is 0 Å². The Morgan fingerprint density at radius 3 is 1.31 bits per heavy atom. The molecule has 0 heteroatoms. The smallest absolute Gasteiger partial charge is 0.00201 e. The molecule has 10 aromatic carbocycles. The zero-order valence-electron chi connectivity index (χ0n) is 28.6. The summed E-state index contributed by atoms with van der Waals surface area (Å²) >= 11 is 0. The third-order valence-electron chi connectivity index (χ3n) is 10.7. The maximum atomic E-state index is 2.35. The van der Waals surface area contributed by atoms with Crippen LogP contribution in [-0.4, -0.2) is 0 Å². The molecule has 0 nitrogen and oxygen atoms in total. The quantitative estimate of drug-likeness (QED) is 0.161. The molecule has 0 aliphatic rings. The van der Waals surface area contributed by atoms with Crippen molar-refractivity contribution < 1.29 is 0 Å². The Labute approximate surface area is 303 Å². The van der Waals surface area contributed by atoms with E-state index in [1.165, 1.54) is 98.7 Å². The fourth-order valence-corrected chi connectivity index (χ4v) is 8.27. The largest absolute Gasteiger partial charge is 0.0622 e. The van der Waals surface area contributed by atoms with E-state index in [4.69, 9.17) is 0 Å². The van der Waals surface area contributed by atoms with E-state index in [0.29, 0.717) is 0 Å². The second-order valence-electron chi connectivity index (χ2n) is 13.6. The molecule has 0 aliphatic carbocycles. The van der Waals surface area contributed by atoms with Crippen molar-refractivity contribution in [3.05, 3.63) is 206 Å². The van der Waals surface area contributed by atoms with Crippen LogP contribution >= 0.6 is 0 Å². The summed E-state index contributed by atoms with van der Waals surface area (Å²) in [6.07, 6.45) is 0. The van der Waals surface area contributed by atoms with Gasteiger partial charge in [0, 0.05) is 0 Å². The highest BCUT2D eigenvalue weighted by atomic mass is 14.2. The van der Waals surface area contributed by atoms with Gasteiger partial charge in [-0.3, -0.25) is 0 Å². The van der Waals surface area contributed by atoms with Gasteiger partial charge < -0.3 is 0 Å². The molecular formula is C52H34. The van der Waals surface area contributed by atoms with Crippen molar-refractivity contribution in [2.45, 2.75) is 0 Å². The summed E-state index contributed by atoms with van der Waals surface area (Å²) in [7, 11) is 0. The Morgan fingerprint density at radius 2 is 0.673 bits per heavy atom. The van der Waals surface area contributed by atoms with E-state index in [1.54, 1.807) is 0 Å². The van der Waals surface area contributed by atoms with Crippen LogP contribution < -0.4 is 0 Å². The van der Waals surface area contributed by atoms with Gasteiger partial charge in [-0.05, 0) is 105 Å². The van der Waals surface area contributed by atoms with Crippen LogP contribution in [0.25, 0.3) is 98.7 Å². The average Bonchev–Trinajstić information content (AvgIpc) is 3.23. The predicted octanol–water partition coefficient (Wildman–Crippen LogP) is 14.6. The van der Waals surface area contributed by atoms with Gasteiger partial charge in [-0.25, -0.2) is 0 Å². The first kappa shape index (κ1) is 30.1. The standard InChI is InChI=1S/C52H34/c1-3-15-37(16-4-1)42-24-13-25-48-49(33-32-43(51(42)48)38-17-5-2-6-18-38)52-46-22-11-9-20-44(46)50(45-21-10-12-23-47(45)52)39-29-26-36(27-30-39)41-31-28-35-14-7-8-19-40(35)34-41/h1-34H.